The summed E-state index contributed by atoms with van der Waals surface area (Å²) in [5.41, 5.74) is 0.838. The molecule has 5 heteroatoms. The molecule has 1 aliphatic heterocycles. The van der Waals surface area contributed by atoms with Crippen LogP contribution < -0.4 is 5.32 Å². The first-order chi connectivity index (χ1) is 6.76. The van der Waals surface area contributed by atoms with Gasteiger partial charge in [0.05, 0.1) is 5.71 Å². The molecule has 3 N–H and O–H groups in total. The Kier molecular flexibility index (Phi) is 2.97. The Balaban J connectivity index is 3.10. The zero-order chi connectivity index (χ0) is 11.8. The van der Waals surface area contributed by atoms with Gasteiger partial charge in [0, 0.05) is 12.8 Å². The van der Waals surface area contributed by atoms with Crippen molar-refractivity contribution in [3.8, 4) is 0 Å². The number of rotatable bonds is 1. The molecule has 0 aromatic rings. The van der Waals surface area contributed by atoms with E-state index in [4.69, 9.17) is 0 Å². The molecule has 1 heterocycles. The molecule has 0 spiro atoms. The molecular formula is C10H16N2O3. The molecule has 5 nitrogen and oxygen atoms in total. The zero-order valence-corrected chi connectivity index (χ0v) is 9.33. The molecule has 15 heavy (non-hydrogen) atoms. The van der Waals surface area contributed by atoms with Crippen molar-refractivity contribution >= 4 is 11.6 Å². The van der Waals surface area contributed by atoms with Crippen LogP contribution in [0.5, 0.6) is 0 Å². The summed E-state index contributed by atoms with van der Waals surface area (Å²) in [5.74, 6) is -2.23. The maximum atomic E-state index is 10.9. The summed E-state index contributed by atoms with van der Waals surface area (Å²) in [6.45, 7) is 6.29. The van der Waals surface area contributed by atoms with Crippen molar-refractivity contribution < 1.29 is 15.0 Å². The molecule has 1 aliphatic rings. The first-order valence-electron chi connectivity index (χ1n) is 4.75. The van der Waals surface area contributed by atoms with Gasteiger partial charge in [-0.2, -0.15) is 0 Å². The van der Waals surface area contributed by atoms with Gasteiger partial charge >= 0.3 is 0 Å². The Bertz CT molecular complexity index is 356. The third kappa shape index (κ3) is 2.08. The van der Waals surface area contributed by atoms with E-state index < -0.39 is 11.7 Å². The minimum absolute atomic E-state index is 0.185. The topological polar surface area (TPSA) is 81.9 Å². The quantitative estimate of drug-likeness (QED) is 0.541. The van der Waals surface area contributed by atoms with Gasteiger partial charge in [-0.3, -0.25) is 4.79 Å². The first kappa shape index (κ1) is 11.9. The second kappa shape index (κ2) is 3.75. The molecule has 1 unspecified atom stereocenters. The van der Waals surface area contributed by atoms with E-state index in [1.165, 1.54) is 13.8 Å². The molecule has 0 aromatic heterocycles. The van der Waals surface area contributed by atoms with Crippen LogP contribution in [0.15, 0.2) is 16.4 Å². The third-order valence-electron chi connectivity index (χ3n) is 2.73. The van der Waals surface area contributed by atoms with Crippen molar-refractivity contribution in [2.24, 2.45) is 10.9 Å². The van der Waals surface area contributed by atoms with Gasteiger partial charge in [0.25, 0.3) is 0 Å². The van der Waals surface area contributed by atoms with E-state index in [-0.39, 0.29) is 11.6 Å². The molecule has 0 radical (unpaired) electrons. The summed E-state index contributed by atoms with van der Waals surface area (Å²) in [6, 6.07) is 0. The fraction of sp³-hybridized carbons (Fsp3) is 0.600. The van der Waals surface area contributed by atoms with Crippen molar-refractivity contribution in [3.63, 3.8) is 0 Å². The summed E-state index contributed by atoms with van der Waals surface area (Å²) in [7, 11) is 0. The molecule has 0 aliphatic carbocycles. The average Bonchev–Trinajstić information content (AvgIpc) is 2.11. The van der Waals surface area contributed by atoms with Crippen LogP contribution in [-0.2, 0) is 4.79 Å². The average molecular weight is 212 g/mol. The van der Waals surface area contributed by atoms with E-state index in [1.54, 1.807) is 13.8 Å². The number of carbonyl (C=O) groups is 1. The normalized spacial score (nSPS) is 24.9. The summed E-state index contributed by atoms with van der Waals surface area (Å²) >= 11 is 0. The van der Waals surface area contributed by atoms with Gasteiger partial charge in [0.2, 0.25) is 11.7 Å². The van der Waals surface area contributed by atoms with E-state index >= 15 is 0 Å². The van der Waals surface area contributed by atoms with E-state index in [2.05, 4.69) is 10.3 Å². The van der Waals surface area contributed by atoms with Crippen LogP contribution in [0.2, 0.25) is 0 Å². The largest absolute Gasteiger partial charge is 0.361 e. The maximum Gasteiger partial charge on any atom is 0.222 e. The number of aliphatic imine (C=N–C) groups is 1. The highest BCUT2D eigenvalue weighted by Crippen LogP contribution is 2.30. The molecule has 0 bridgehead atoms. The van der Waals surface area contributed by atoms with E-state index in [0.717, 1.165) is 0 Å². The maximum absolute atomic E-state index is 10.9. The molecular weight excluding hydrogens is 196 g/mol. The lowest BCUT2D eigenvalue weighted by Gasteiger charge is -2.33. The summed E-state index contributed by atoms with van der Waals surface area (Å²) < 4.78 is 0. The SMILES string of the molecule is CC(=O)NC1=C(C)C(C)C(O)(O)C(C)=N1. The van der Waals surface area contributed by atoms with Gasteiger partial charge in [-0.15, -0.1) is 0 Å². The molecule has 0 aromatic carbocycles. The van der Waals surface area contributed by atoms with Crippen LogP contribution in [-0.4, -0.2) is 27.6 Å². The van der Waals surface area contributed by atoms with Gasteiger partial charge in [-0.05, 0) is 19.4 Å². The molecule has 0 saturated heterocycles. The second-order valence-corrected chi connectivity index (χ2v) is 3.86. The summed E-state index contributed by atoms with van der Waals surface area (Å²) in [6.07, 6.45) is 0. The number of aliphatic hydroxyl groups is 2. The standard InChI is InChI=1S/C10H16N2O3/c1-5-6(2)10(14,15)7(3)11-9(5)12-8(4)13/h6,14-15H,1-4H3,(H,12,13). The van der Waals surface area contributed by atoms with Gasteiger partial charge in [-0.25, -0.2) is 4.99 Å². The number of amides is 1. The molecule has 1 atom stereocenters. The Morgan fingerprint density at radius 1 is 1.47 bits per heavy atom. The number of nitrogens with zero attached hydrogens (tertiary/aromatic N) is 1. The van der Waals surface area contributed by atoms with Crippen molar-refractivity contribution in [2.45, 2.75) is 33.5 Å². The number of carbonyl (C=O) groups excluding carboxylic acids is 1. The molecule has 1 amide bonds. The van der Waals surface area contributed by atoms with Gasteiger partial charge < -0.3 is 15.5 Å². The van der Waals surface area contributed by atoms with Gasteiger partial charge in [0.15, 0.2) is 0 Å². The Hall–Kier alpha value is -1.20. The Morgan fingerprint density at radius 3 is 2.47 bits per heavy atom. The van der Waals surface area contributed by atoms with E-state index in [9.17, 15) is 15.0 Å². The lowest BCUT2D eigenvalue weighted by molar-refractivity contribution is -0.130. The van der Waals surface area contributed by atoms with E-state index in [1.807, 2.05) is 0 Å². The monoisotopic (exact) mass is 212 g/mol. The van der Waals surface area contributed by atoms with Crippen molar-refractivity contribution in [3.05, 3.63) is 11.4 Å². The van der Waals surface area contributed by atoms with Crippen LogP contribution >= 0.6 is 0 Å². The molecule has 1 rings (SSSR count). The minimum atomic E-state index is -1.92. The number of hydrogen-bond acceptors (Lipinski definition) is 4. The van der Waals surface area contributed by atoms with Crippen molar-refractivity contribution in [1.29, 1.82) is 0 Å². The summed E-state index contributed by atoms with van der Waals surface area (Å²) in [4.78, 5) is 14.9. The van der Waals surface area contributed by atoms with Crippen molar-refractivity contribution in [1.82, 2.24) is 5.32 Å². The predicted molar refractivity (Wildman–Crippen MR) is 56.0 cm³/mol. The van der Waals surface area contributed by atoms with Crippen LogP contribution in [0.4, 0.5) is 0 Å². The molecule has 0 saturated carbocycles. The summed E-state index contributed by atoms with van der Waals surface area (Å²) in [5, 5.41) is 22.0. The van der Waals surface area contributed by atoms with Crippen LogP contribution in [0, 0.1) is 5.92 Å². The Morgan fingerprint density at radius 2 is 2.00 bits per heavy atom. The lowest BCUT2D eigenvalue weighted by atomic mass is 9.88. The fourth-order valence-corrected chi connectivity index (χ4v) is 1.45. The van der Waals surface area contributed by atoms with Gasteiger partial charge in [0.1, 0.15) is 5.82 Å². The fourth-order valence-electron chi connectivity index (χ4n) is 1.45. The number of nitrogens with one attached hydrogen (secondary N) is 1. The molecule has 84 valence electrons. The second-order valence-electron chi connectivity index (χ2n) is 3.86. The third-order valence-corrected chi connectivity index (χ3v) is 2.73. The van der Waals surface area contributed by atoms with Crippen LogP contribution in [0.25, 0.3) is 0 Å². The first-order valence-corrected chi connectivity index (χ1v) is 4.75. The highest BCUT2D eigenvalue weighted by molar-refractivity contribution is 5.91. The Labute approximate surface area is 88.5 Å². The number of hydrogen-bond donors (Lipinski definition) is 3. The van der Waals surface area contributed by atoms with Crippen LogP contribution in [0.1, 0.15) is 27.7 Å². The van der Waals surface area contributed by atoms with Crippen molar-refractivity contribution in [2.75, 3.05) is 0 Å². The van der Waals surface area contributed by atoms with Crippen LogP contribution in [0.3, 0.4) is 0 Å². The van der Waals surface area contributed by atoms with Gasteiger partial charge in [-0.1, -0.05) is 6.92 Å². The smallest absolute Gasteiger partial charge is 0.222 e. The highest BCUT2D eigenvalue weighted by atomic mass is 16.5. The lowest BCUT2D eigenvalue weighted by Crippen LogP contribution is -2.47. The highest BCUT2D eigenvalue weighted by Gasteiger charge is 2.39. The zero-order valence-electron chi connectivity index (χ0n) is 9.33. The minimum Gasteiger partial charge on any atom is -0.361 e. The van der Waals surface area contributed by atoms with E-state index in [0.29, 0.717) is 11.4 Å². The predicted octanol–water partition coefficient (Wildman–Crippen LogP) is 0.145. The molecule has 0 fully saturated rings.